The summed E-state index contributed by atoms with van der Waals surface area (Å²) in [5.41, 5.74) is 0.910. The fourth-order valence-corrected chi connectivity index (χ4v) is 1.55. The van der Waals surface area contributed by atoms with Crippen LogP contribution in [-0.4, -0.2) is 13.7 Å². The molecule has 0 saturated carbocycles. The van der Waals surface area contributed by atoms with Crippen molar-refractivity contribution in [3.05, 3.63) is 29.6 Å². The standard InChI is InChI=1S/C13H20FNO/c1-3-4-5-6-16-13-8-11(10-15-2)7-12(14)9-13/h7-9,15H,3-6,10H2,1-2H3. The number of rotatable bonds is 7. The molecule has 0 spiro atoms. The molecule has 2 nitrogen and oxygen atoms in total. The minimum Gasteiger partial charge on any atom is -0.493 e. The van der Waals surface area contributed by atoms with E-state index in [1.807, 2.05) is 13.1 Å². The molecule has 0 heterocycles. The van der Waals surface area contributed by atoms with Gasteiger partial charge in [-0.25, -0.2) is 4.39 Å². The van der Waals surface area contributed by atoms with E-state index in [2.05, 4.69) is 12.2 Å². The van der Waals surface area contributed by atoms with Crippen LogP contribution in [0.1, 0.15) is 31.7 Å². The molecule has 0 amide bonds. The van der Waals surface area contributed by atoms with E-state index in [0.717, 1.165) is 24.8 Å². The Morgan fingerprint density at radius 2 is 2.06 bits per heavy atom. The van der Waals surface area contributed by atoms with Gasteiger partial charge < -0.3 is 10.1 Å². The third-order valence-electron chi connectivity index (χ3n) is 2.33. The molecule has 0 fully saturated rings. The molecule has 16 heavy (non-hydrogen) atoms. The minimum absolute atomic E-state index is 0.238. The van der Waals surface area contributed by atoms with Crippen LogP contribution in [0.2, 0.25) is 0 Å². The van der Waals surface area contributed by atoms with Crippen LogP contribution in [0.25, 0.3) is 0 Å². The normalized spacial score (nSPS) is 10.4. The van der Waals surface area contributed by atoms with Crippen molar-refractivity contribution in [1.29, 1.82) is 0 Å². The van der Waals surface area contributed by atoms with Crippen LogP contribution in [0.4, 0.5) is 4.39 Å². The SMILES string of the molecule is CCCCCOc1cc(F)cc(CNC)c1. The van der Waals surface area contributed by atoms with Crippen molar-refractivity contribution in [3.63, 3.8) is 0 Å². The van der Waals surface area contributed by atoms with Crippen LogP contribution in [-0.2, 0) is 6.54 Å². The zero-order chi connectivity index (χ0) is 11.8. The first-order valence-electron chi connectivity index (χ1n) is 5.83. The van der Waals surface area contributed by atoms with Crippen LogP contribution in [0, 0.1) is 5.82 Å². The highest BCUT2D eigenvalue weighted by Crippen LogP contribution is 2.16. The molecule has 0 saturated heterocycles. The van der Waals surface area contributed by atoms with Crippen LogP contribution < -0.4 is 10.1 Å². The minimum atomic E-state index is -0.238. The maximum Gasteiger partial charge on any atom is 0.127 e. The van der Waals surface area contributed by atoms with E-state index >= 15 is 0 Å². The Labute approximate surface area is 96.8 Å². The highest BCUT2D eigenvalue weighted by molar-refractivity contribution is 5.29. The molecule has 0 bridgehead atoms. The molecule has 0 radical (unpaired) electrons. The molecule has 1 aromatic rings. The third kappa shape index (κ3) is 4.62. The number of hydrogen-bond acceptors (Lipinski definition) is 2. The first-order chi connectivity index (χ1) is 7.76. The lowest BCUT2D eigenvalue weighted by Gasteiger charge is -2.08. The summed E-state index contributed by atoms with van der Waals surface area (Å²) in [5.74, 6) is 0.389. The topological polar surface area (TPSA) is 21.3 Å². The lowest BCUT2D eigenvalue weighted by atomic mass is 10.2. The lowest BCUT2D eigenvalue weighted by Crippen LogP contribution is -2.06. The maximum atomic E-state index is 13.2. The molecular formula is C13H20FNO. The van der Waals surface area contributed by atoms with Crippen molar-refractivity contribution in [2.45, 2.75) is 32.7 Å². The van der Waals surface area contributed by atoms with Gasteiger partial charge in [0.2, 0.25) is 0 Å². The molecule has 90 valence electrons. The van der Waals surface area contributed by atoms with E-state index in [9.17, 15) is 4.39 Å². The Bertz CT molecular complexity index is 315. The molecule has 0 aliphatic carbocycles. The average Bonchev–Trinajstić information content (AvgIpc) is 2.24. The van der Waals surface area contributed by atoms with Gasteiger partial charge in [0.1, 0.15) is 11.6 Å². The van der Waals surface area contributed by atoms with Crippen LogP contribution in [0.15, 0.2) is 18.2 Å². The van der Waals surface area contributed by atoms with Crippen LogP contribution >= 0.6 is 0 Å². The van der Waals surface area contributed by atoms with Gasteiger partial charge in [-0.3, -0.25) is 0 Å². The highest BCUT2D eigenvalue weighted by atomic mass is 19.1. The summed E-state index contributed by atoms with van der Waals surface area (Å²) in [6, 6.07) is 4.84. The van der Waals surface area contributed by atoms with Gasteiger partial charge in [-0.05, 0) is 31.2 Å². The Kier molecular flexibility index (Phi) is 5.86. The predicted octanol–water partition coefficient (Wildman–Crippen LogP) is 3.11. The van der Waals surface area contributed by atoms with Gasteiger partial charge in [0, 0.05) is 12.6 Å². The zero-order valence-electron chi connectivity index (χ0n) is 10.1. The molecule has 1 N–H and O–H groups in total. The second-order valence-electron chi connectivity index (χ2n) is 3.88. The summed E-state index contributed by atoms with van der Waals surface area (Å²) in [6.45, 7) is 3.46. The van der Waals surface area contributed by atoms with Crippen molar-refractivity contribution in [2.24, 2.45) is 0 Å². The quantitative estimate of drug-likeness (QED) is 0.720. The van der Waals surface area contributed by atoms with Crippen molar-refractivity contribution >= 4 is 0 Å². The number of ether oxygens (including phenoxy) is 1. The third-order valence-corrected chi connectivity index (χ3v) is 2.33. The molecule has 0 aromatic heterocycles. The number of hydrogen-bond donors (Lipinski definition) is 1. The first-order valence-corrected chi connectivity index (χ1v) is 5.83. The summed E-state index contributed by atoms with van der Waals surface area (Å²) in [6.07, 6.45) is 3.34. The van der Waals surface area contributed by atoms with Crippen LogP contribution in [0.5, 0.6) is 5.75 Å². The largest absolute Gasteiger partial charge is 0.493 e. The van der Waals surface area contributed by atoms with Gasteiger partial charge in [-0.2, -0.15) is 0 Å². The van der Waals surface area contributed by atoms with Gasteiger partial charge >= 0.3 is 0 Å². The second-order valence-corrected chi connectivity index (χ2v) is 3.88. The van der Waals surface area contributed by atoms with Crippen molar-refractivity contribution in [3.8, 4) is 5.75 Å². The Morgan fingerprint density at radius 1 is 1.25 bits per heavy atom. The van der Waals surface area contributed by atoms with E-state index < -0.39 is 0 Å². The molecule has 0 aliphatic rings. The molecule has 0 unspecified atom stereocenters. The molecular weight excluding hydrogens is 205 g/mol. The fraction of sp³-hybridized carbons (Fsp3) is 0.538. The molecule has 0 aliphatic heterocycles. The number of nitrogens with one attached hydrogen (secondary N) is 1. The Hall–Kier alpha value is -1.09. The van der Waals surface area contributed by atoms with Crippen LogP contribution in [0.3, 0.4) is 0 Å². The fourth-order valence-electron chi connectivity index (χ4n) is 1.55. The average molecular weight is 225 g/mol. The molecule has 3 heteroatoms. The van der Waals surface area contributed by atoms with Crippen molar-refractivity contribution < 1.29 is 9.13 Å². The Balaban J connectivity index is 2.51. The summed E-state index contributed by atoms with van der Waals surface area (Å²) < 4.78 is 18.7. The molecule has 1 aromatic carbocycles. The molecule has 0 atom stereocenters. The lowest BCUT2D eigenvalue weighted by molar-refractivity contribution is 0.304. The molecule has 1 rings (SSSR count). The van der Waals surface area contributed by atoms with Gasteiger partial charge in [0.05, 0.1) is 6.61 Å². The predicted molar refractivity (Wildman–Crippen MR) is 64.2 cm³/mol. The van der Waals surface area contributed by atoms with E-state index in [1.165, 1.54) is 12.1 Å². The van der Waals surface area contributed by atoms with E-state index in [0.29, 0.717) is 18.9 Å². The van der Waals surface area contributed by atoms with Gasteiger partial charge in [-0.15, -0.1) is 0 Å². The van der Waals surface area contributed by atoms with E-state index in [1.54, 1.807) is 0 Å². The summed E-state index contributed by atoms with van der Waals surface area (Å²) in [7, 11) is 1.84. The number of unbranched alkanes of at least 4 members (excludes halogenated alkanes) is 2. The van der Waals surface area contributed by atoms with E-state index in [-0.39, 0.29) is 5.82 Å². The number of benzene rings is 1. The van der Waals surface area contributed by atoms with Crippen molar-refractivity contribution in [2.75, 3.05) is 13.7 Å². The monoisotopic (exact) mass is 225 g/mol. The zero-order valence-corrected chi connectivity index (χ0v) is 10.1. The summed E-state index contributed by atoms with van der Waals surface area (Å²) in [4.78, 5) is 0. The van der Waals surface area contributed by atoms with E-state index in [4.69, 9.17) is 4.74 Å². The highest BCUT2D eigenvalue weighted by Gasteiger charge is 2.01. The van der Waals surface area contributed by atoms with Gasteiger partial charge in [0.15, 0.2) is 0 Å². The van der Waals surface area contributed by atoms with Crippen molar-refractivity contribution in [1.82, 2.24) is 5.32 Å². The summed E-state index contributed by atoms with van der Waals surface area (Å²) in [5, 5.41) is 2.99. The maximum absolute atomic E-state index is 13.2. The number of halogens is 1. The summed E-state index contributed by atoms with van der Waals surface area (Å²) >= 11 is 0. The Morgan fingerprint density at radius 3 is 2.75 bits per heavy atom. The second kappa shape index (κ2) is 7.23. The first kappa shape index (κ1) is 13.0. The smallest absolute Gasteiger partial charge is 0.127 e. The van der Waals surface area contributed by atoms with Gasteiger partial charge in [0.25, 0.3) is 0 Å². The van der Waals surface area contributed by atoms with Gasteiger partial charge in [-0.1, -0.05) is 19.8 Å².